The van der Waals surface area contributed by atoms with Gasteiger partial charge in [-0.15, -0.1) is 0 Å². The average Bonchev–Trinajstić information content (AvgIpc) is 3.06. The number of hydrogen-bond acceptors (Lipinski definition) is 6. The fourth-order valence-electron chi connectivity index (χ4n) is 3.87. The van der Waals surface area contributed by atoms with Gasteiger partial charge in [-0.05, 0) is 73.9 Å². The maximum absolute atomic E-state index is 11.9. The molecule has 6 heteroatoms. The van der Waals surface area contributed by atoms with Crippen LogP contribution in [0.2, 0.25) is 0 Å². The highest BCUT2D eigenvalue weighted by Crippen LogP contribution is 2.34. The number of rotatable bonds is 4. The molecule has 170 valence electrons. The van der Waals surface area contributed by atoms with Crippen LogP contribution in [0.1, 0.15) is 75.9 Å². The number of carbonyl (C=O) groups is 4. The van der Waals surface area contributed by atoms with Crippen molar-refractivity contribution in [3.8, 4) is 0 Å². The number of carbonyl (C=O) groups excluding carboxylic acids is 4. The molecular weight excluding hydrogens is 384 g/mol. The molecule has 0 saturated carbocycles. The van der Waals surface area contributed by atoms with Crippen LogP contribution < -0.4 is 0 Å². The summed E-state index contributed by atoms with van der Waals surface area (Å²) in [6, 6.07) is 0. The van der Waals surface area contributed by atoms with Crippen LogP contribution in [0.5, 0.6) is 0 Å². The van der Waals surface area contributed by atoms with Gasteiger partial charge < -0.3 is 9.47 Å². The summed E-state index contributed by atoms with van der Waals surface area (Å²) in [6.45, 7) is 8.02. The lowest BCUT2D eigenvalue weighted by atomic mass is 9.81. The van der Waals surface area contributed by atoms with Crippen molar-refractivity contribution in [2.45, 2.75) is 83.1 Å². The van der Waals surface area contributed by atoms with E-state index < -0.39 is 35.7 Å². The second kappa shape index (κ2) is 11.0. The molecule has 2 aliphatic heterocycles. The van der Waals surface area contributed by atoms with Crippen molar-refractivity contribution < 1.29 is 28.7 Å². The molecule has 3 rings (SSSR count). The summed E-state index contributed by atoms with van der Waals surface area (Å²) in [6.07, 6.45) is 0.939. The van der Waals surface area contributed by atoms with Crippen LogP contribution in [-0.4, -0.2) is 23.9 Å². The largest absolute Gasteiger partial charge is 0.393 e. The van der Waals surface area contributed by atoms with E-state index >= 15 is 0 Å². The van der Waals surface area contributed by atoms with Crippen LogP contribution in [0.25, 0.3) is 0 Å². The van der Waals surface area contributed by atoms with Gasteiger partial charge in [-0.25, -0.2) is 0 Å². The number of esters is 4. The van der Waals surface area contributed by atoms with E-state index in [-0.39, 0.29) is 42.5 Å². The van der Waals surface area contributed by atoms with Gasteiger partial charge in [-0.3, -0.25) is 19.2 Å². The van der Waals surface area contributed by atoms with Gasteiger partial charge in [-0.2, -0.15) is 0 Å². The van der Waals surface area contributed by atoms with E-state index in [1.807, 2.05) is 27.7 Å². The lowest BCUT2D eigenvalue weighted by Gasteiger charge is -2.23. The van der Waals surface area contributed by atoms with Gasteiger partial charge in [0.1, 0.15) is 0 Å². The van der Waals surface area contributed by atoms with Crippen LogP contribution in [-0.2, 0) is 41.5 Å². The molecule has 0 radical (unpaired) electrons. The van der Waals surface area contributed by atoms with E-state index in [1.165, 1.54) is 0 Å². The molecule has 30 heavy (non-hydrogen) atoms. The van der Waals surface area contributed by atoms with Crippen LogP contribution in [0.4, 0.5) is 0 Å². The molecular formula is C24H38O6. The van der Waals surface area contributed by atoms with E-state index in [0.29, 0.717) is 12.8 Å². The van der Waals surface area contributed by atoms with Crippen molar-refractivity contribution in [2.75, 3.05) is 0 Å². The predicted octanol–water partition coefficient (Wildman–Crippen LogP) is 4.73. The maximum atomic E-state index is 11.9. The molecule has 2 saturated heterocycles. The first-order chi connectivity index (χ1) is 12.2. The molecule has 0 spiro atoms. The quantitative estimate of drug-likeness (QED) is 0.515. The van der Waals surface area contributed by atoms with E-state index in [0.717, 1.165) is 33.4 Å². The molecule has 2 heterocycles. The minimum Gasteiger partial charge on any atom is -0.393 e. The highest BCUT2D eigenvalue weighted by molar-refractivity contribution is 5.95. The predicted molar refractivity (Wildman–Crippen MR) is 118 cm³/mol. The number of hydrogen-bond donors (Lipinski definition) is 0. The van der Waals surface area contributed by atoms with E-state index in [1.54, 1.807) is 0 Å². The third kappa shape index (κ3) is 5.35. The third-order valence-corrected chi connectivity index (χ3v) is 5.78. The van der Waals surface area contributed by atoms with Crippen molar-refractivity contribution in [3.63, 3.8) is 0 Å². The Labute approximate surface area is 181 Å². The molecule has 2 unspecified atom stereocenters. The first-order valence-electron chi connectivity index (χ1n) is 8.76. The summed E-state index contributed by atoms with van der Waals surface area (Å²) in [5, 5.41) is 0. The van der Waals surface area contributed by atoms with Crippen molar-refractivity contribution in [1.29, 1.82) is 0 Å². The van der Waals surface area contributed by atoms with Gasteiger partial charge in [0.25, 0.3) is 0 Å². The third-order valence-electron chi connectivity index (χ3n) is 5.78. The molecule has 1 aromatic carbocycles. The van der Waals surface area contributed by atoms with Crippen LogP contribution in [0.3, 0.4) is 0 Å². The zero-order chi connectivity index (χ0) is 19.2. The summed E-state index contributed by atoms with van der Waals surface area (Å²) in [5.74, 6) is -2.98. The number of ether oxygens (including phenoxy) is 2. The Kier molecular flexibility index (Phi) is 10.9. The van der Waals surface area contributed by atoms with Crippen LogP contribution in [0, 0.1) is 39.5 Å². The minimum atomic E-state index is -0.501. The van der Waals surface area contributed by atoms with Crippen LogP contribution >= 0.6 is 0 Å². The molecule has 0 bridgehead atoms. The molecule has 1 aromatic rings. The van der Waals surface area contributed by atoms with Gasteiger partial charge >= 0.3 is 23.9 Å². The van der Waals surface area contributed by atoms with Crippen molar-refractivity contribution in [1.82, 2.24) is 0 Å². The molecule has 2 fully saturated rings. The molecule has 0 aromatic heterocycles. The fraction of sp³-hybridized carbons (Fsp3) is 0.583. The Morgan fingerprint density at radius 1 is 0.600 bits per heavy atom. The smallest absolute Gasteiger partial charge is 0.317 e. The molecule has 0 aliphatic carbocycles. The second-order valence-electron chi connectivity index (χ2n) is 7.25. The van der Waals surface area contributed by atoms with Crippen LogP contribution in [0.15, 0.2) is 0 Å². The standard InChI is InChI=1S/C20H22O6.4CH4/c1-9-10(2)12(4)16(6-14-8-18(22)26-20(14)24)15(11(9)3)5-13-7-17(21)25-19(13)23;;;;/h13-14H,5-8H2,1-4H3;4*1H4. The first-order valence-corrected chi connectivity index (χ1v) is 8.76. The Morgan fingerprint density at radius 3 is 1.13 bits per heavy atom. The molecule has 2 aliphatic rings. The Balaban J connectivity index is 0. The van der Waals surface area contributed by atoms with Gasteiger partial charge in [0.05, 0.1) is 24.7 Å². The zero-order valence-corrected chi connectivity index (χ0v) is 15.4. The molecule has 2 atom stereocenters. The zero-order valence-electron chi connectivity index (χ0n) is 15.4. The lowest BCUT2D eigenvalue weighted by Crippen LogP contribution is -2.18. The topological polar surface area (TPSA) is 86.7 Å². The normalized spacial score (nSPS) is 19.7. The summed E-state index contributed by atoms with van der Waals surface area (Å²) in [5.41, 5.74) is 6.29. The van der Waals surface area contributed by atoms with E-state index in [2.05, 4.69) is 9.47 Å². The van der Waals surface area contributed by atoms with Crippen molar-refractivity contribution in [2.24, 2.45) is 11.8 Å². The molecule has 0 N–H and O–H groups in total. The van der Waals surface area contributed by atoms with Gasteiger partial charge in [-0.1, -0.05) is 29.7 Å². The molecule has 6 nitrogen and oxygen atoms in total. The highest BCUT2D eigenvalue weighted by atomic mass is 16.6. The summed E-state index contributed by atoms with van der Waals surface area (Å²) >= 11 is 0. The second-order valence-corrected chi connectivity index (χ2v) is 7.25. The Morgan fingerprint density at radius 2 is 0.900 bits per heavy atom. The van der Waals surface area contributed by atoms with Gasteiger partial charge in [0.15, 0.2) is 0 Å². The summed E-state index contributed by atoms with van der Waals surface area (Å²) in [4.78, 5) is 46.7. The average molecular weight is 423 g/mol. The van der Waals surface area contributed by atoms with E-state index in [4.69, 9.17) is 0 Å². The summed E-state index contributed by atoms with van der Waals surface area (Å²) < 4.78 is 9.36. The van der Waals surface area contributed by atoms with E-state index in [9.17, 15) is 19.2 Å². The monoisotopic (exact) mass is 422 g/mol. The van der Waals surface area contributed by atoms with Gasteiger partial charge in [0, 0.05) is 0 Å². The Bertz CT molecular complexity index is 768. The van der Waals surface area contributed by atoms with Gasteiger partial charge in [0.2, 0.25) is 0 Å². The highest BCUT2D eigenvalue weighted by Gasteiger charge is 2.37. The van der Waals surface area contributed by atoms with Crippen molar-refractivity contribution in [3.05, 3.63) is 33.4 Å². The fourth-order valence-corrected chi connectivity index (χ4v) is 3.87. The summed E-state index contributed by atoms with van der Waals surface area (Å²) in [7, 11) is 0. The van der Waals surface area contributed by atoms with Crippen molar-refractivity contribution >= 4 is 23.9 Å². The first kappa shape index (κ1) is 29.7. The molecule has 0 amide bonds. The minimum absolute atomic E-state index is 0. The SMILES string of the molecule is C.C.C.C.Cc1c(C)c(C)c(CC2CC(=O)OC2=O)c(CC2CC(=O)OC2=O)c1C. The lowest BCUT2D eigenvalue weighted by molar-refractivity contribution is -0.154. The number of benzene rings is 1. The number of cyclic esters (lactones) is 4. The Hall–Kier alpha value is -2.50. The maximum Gasteiger partial charge on any atom is 0.317 e.